The Morgan fingerprint density at radius 2 is 1.85 bits per heavy atom. The molecule has 0 amide bonds. The van der Waals surface area contributed by atoms with Crippen LogP contribution in [0.15, 0.2) is 128 Å². The van der Waals surface area contributed by atoms with Crippen LogP contribution in [-0.4, -0.2) is 17.1 Å². The predicted molar refractivity (Wildman–Crippen MR) is 175 cm³/mol. The highest BCUT2D eigenvalue weighted by atomic mass is 15.2. The van der Waals surface area contributed by atoms with Crippen LogP contribution in [0.1, 0.15) is 38.3 Å². The standard InChI is InChI=1S/C38H35N3/c1-5-11-26(12-6-2)37-38(3,4)35-33(40-37)22-21-31-30-15-9-10-16-34(30)41(36(31)35)28-19-17-25(18-20-28)32-24-39-23-27-13-7-8-14-29(27)32/h5-15,17-24,34,37,40H,1,16H2,2-4H3/b12-6-,26-11+. The second-order valence-corrected chi connectivity index (χ2v) is 11.7. The smallest absolute Gasteiger partial charge is 0.0633 e. The van der Waals surface area contributed by atoms with Crippen LogP contribution in [0.25, 0.3) is 27.5 Å². The Balaban J connectivity index is 1.36. The molecular formula is C38H35N3. The molecule has 0 fully saturated rings. The quantitative estimate of drug-likeness (QED) is 0.259. The van der Waals surface area contributed by atoms with Gasteiger partial charge in [-0.2, -0.15) is 0 Å². The third kappa shape index (κ3) is 3.91. The SMILES string of the molecule is C=C/C=C(\C=C/C)C1Nc2ccc3c(c2C1(C)C)N(c1ccc(-c2cncc4ccccc24)cc1)C1CC=CC=C31. The van der Waals surface area contributed by atoms with E-state index in [-0.39, 0.29) is 17.5 Å². The highest BCUT2D eigenvalue weighted by Crippen LogP contribution is 2.57. The molecule has 0 radical (unpaired) electrons. The minimum absolute atomic E-state index is 0.136. The molecule has 2 aliphatic heterocycles. The van der Waals surface area contributed by atoms with Crippen LogP contribution in [0.4, 0.5) is 17.1 Å². The van der Waals surface area contributed by atoms with Gasteiger partial charge in [0.15, 0.2) is 0 Å². The average molecular weight is 534 g/mol. The summed E-state index contributed by atoms with van der Waals surface area (Å²) in [5.74, 6) is 0. The van der Waals surface area contributed by atoms with E-state index in [9.17, 15) is 0 Å². The van der Waals surface area contributed by atoms with Gasteiger partial charge in [-0.3, -0.25) is 4.98 Å². The maximum Gasteiger partial charge on any atom is 0.0633 e. The van der Waals surface area contributed by atoms with Crippen molar-refractivity contribution in [2.75, 3.05) is 10.2 Å². The van der Waals surface area contributed by atoms with Crippen molar-refractivity contribution in [2.45, 2.75) is 44.7 Å². The lowest BCUT2D eigenvalue weighted by Crippen LogP contribution is -2.36. The van der Waals surface area contributed by atoms with E-state index in [2.05, 4.69) is 140 Å². The molecule has 0 saturated carbocycles. The van der Waals surface area contributed by atoms with Crippen molar-refractivity contribution in [3.05, 3.63) is 139 Å². The number of aromatic nitrogens is 1. The first kappa shape index (κ1) is 25.3. The van der Waals surface area contributed by atoms with Crippen LogP contribution in [-0.2, 0) is 5.41 Å². The Kier molecular flexibility index (Phi) is 6.04. The maximum atomic E-state index is 4.53. The van der Waals surface area contributed by atoms with E-state index < -0.39 is 0 Å². The fourth-order valence-corrected chi connectivity index (χ4v) is 7.15. The summed E-state index contributed by atoms with van der Waals surface area (Å²) in [6.45, 7) is 10.8. The summed E-state index contributed by atoms with van der Waals surface area (Å²) in [6, 6.07) is 22.6. The number of anilines is 3. The summed E-state index contributed by atoms with van der Waals surface area (Å²) >= 11 is 0. The summed E-state index contributed by atoms with van der Waals surface area (Å²) in [6.07, 6.45) is 20.1. The first-order valence-corrected chi connectivity index (χ1v) is 14.5. The molecular weight excluding hydrogens is 498 g/mol. The Morgan fingerprint density at radius 3 is 2.66 bits per heavy atom. The van der Waals surface area contributed by atoms with E-state index in [1.165, 1.54) is 50.3 Å². The van der Waals surface area contributed by atoms with Crippen LogP contribution in [0.5, 0.6) is 0 Å². The van der Waals surface area contributed by atoms with Crippen LogP contribution >= 0.6 is 0 Å². The number of benzene rings is 3. The molecule has 1 aliphatic carbocycles. The third-order valence-corrected chi connectivity index (χ3v) is 8.97. The van der Waals surface area contributed by atoms with Gasteiger partial charge in [-0.05, 0) is 53.6 Å². The molecule has 0 saturated heterocycles. The monoisotopic (exact) mass is 533 g/mol. The van der Waals surface area contributed by atoms with Gasteiger partial charge in [0.05, 0.1) is 17.8 Å². The van der Waals surface area contributed by atoms with Gasteiger partial charge < -0.3 is 10.2 Å². The number of nitrogens with zero attached hydrogens (tertiary/aromatic N) is 2. The summed E-state index contributed by atoms with van der Waals surface area (Å²) in [7, 11) is 0. The Bertz CT molecular complexity index is 1790. The molecule has 2 atom stereocenters. The normalized spacial score (nSPS) is 20.5. The highest BCUT2D eigenvalue weighted by Gasteiger charge is 2.47. The molecule has 1 N–H and O–H groups in total. The van der Waals surface area contributed by atoms with Gasteiger partial charge in [0.1, 0.15) is 0 Å². The molecule has 3 aliphatic rings. The van der Waals surface area contributed by atoms with E-state index in [0.717, 1.165) is 17.4 Å². The van der Waals surface area contributed by atoms with Gasteiger partial charge >= 0.3 is 0 Å². The van der Waals surface area contributed by atoms with Gasteiger partial charge in [-0.15, -0.1) is 0 Å². The molecule has 3 nitrogen and oxygen atoms in total. The molecule has 7 rings (SSSR count). The molecule has 0 bridgehead atoms. The van der Waals surface area contributed by atoms with Crippen LogP contribution < -0.4 is 10.2 Å². The molecule has 3 heterocycles. The number of hydrogen-bond acceptors (Lipinski definition) is 3. The second kappa shape index (κ2) is 9.78. The van der Waals surface area contributed by atoms with Crippen LogP contribution in [0.3, 0.4) is 0 Å². The Morgan fingerprint density at radius 1 is 1.02 bits per heavy atom. The lowest BCUT2D eigenvalue weighted by molar-refractivity contribution is 0.507. The number of rotatable bonds is 5. The van der Waals surface area contributed by atoms with Gasteiger partial charge in [0.25, 0.3) is 0 Å². The van der Waals surface area contributed by atoms with E-state index in [1.807, 2.05) is 18.5 Å². The van der Waals surface area contributed by atoms with Gasteiger partial charge in [0.2, 0.25) is 0 Å². The zero-order valence-electron chi connectivity index (χ0n) is 23.9. The summed E-state index contributed by atoms with van der Waals surface area (Å²) in [5.41, 5.74) is 11.4. The zero-order chi connectivity index (χ0) is 28.1. The first-order chi connectivity index (χ1) is 20.0. The fourth-order valence-electron chi connectivity index (χ4n) is 7.15. The zero-order valence-corrected chi connectivity index (χ0v) is 23.9. The first-order valence-electron chi connectivity index (χ1n) is 14.5. The van der Waals surface area contributed by atoms with Gasteiger partial charge in [-0.1, -0.05) is 105 Å². The minimum Gasteiger partial charge on any atom is -0.377 e. The fraction of sp³-hybridized carbons (Fsp3) is 0.184. The maximum absolute atomic E-state index is 4.53. The van der Waals surface area contributed by atoms with Crippen molar-refractivity contribution < 1.29 is 0 Å². The number of pyridine rings is 1. The molecule has 2 unspecified atom stereocenters. The average Bonchev–Trinajstić information content (AvgIpc) is 3.47. The van der Waals surface area contributed by atoms with Crippen molar-refractivity contribution >= 4 is 33.4 Å². The molecule has 0 spiro atoms. The number of allylic oxidation sites excluding steroid dienone is 5. The van der Waals surface area contributed by atoms with E-state index in [0.29, 0.717) is 0 Å². The van der Waals surface area contributed by atoms with Crippen molar-refractivity contribution in [1.29, 1.82) is 0 Å². The van der Waals surface area contributed by atoms with Crippen molar-refractivity contribution in [3.63, 3.8) is 0 Å². The predicted octanol–water partition coefficient (Wildman–Crippen LogP) is 9.53. The molecule has 4 aromatic rings. The van der Waals surface area contributed by atoms with Crippen molar-refractivity contribution in [1.82, 2.24) is 4.98 Å². The number of hydrogen-bond donors (Lipinski definition) is 1. The van der Waals surface area contributed by atoms with Gasteiger partial charge in [-0.25, -0.2) is 0 Å². The summed E-state index contributed by atoms with van der Waals surface area (Å²) in [4.78, 5) is 7.12. The summed E-state index contributed by atoms with van der Waals surface area (Å²) < 4.78 is 0. The van der Waals surface area contributed by atoms with Crippen LogP contribution in [0, 0.1) is 0 Å². The molecule has 202 valence electrons. The van der Waals surface area contributed by atoms with E-state index in [4.69, 9.17) is 0 Å². The topological polar surface area (TPSA) is 28.2 Å². The number of fused-ring (bicyclic) bond motifs is 6. The molecule has 1 aromatic heterocycles. The largest absolute Gasteiger partial charge is 0.377 e. The van der Waals surface area contributed by atoms with Crippen molar-refractivity contribution in [2.24, 2.45) is 0 Å². The molecule has 41 heavy (non-hydrogen) atoms. The summed E-state index contributed by atoms with van der Waals surface area (Å²) in [5, 5.41) is 6.28. The van der Waals surface area contributed by atoms with Crippen molar-refractivity contribution in [3.8, 4) is 11.1 Å². The van der Waals surface area contributed by atoms with Crippen LogP contribution in [0.2, 0.25) is 0 Å². The third-order valence-electron chi connectivity index (χ3n) is 8.97. The number of nitrogens with one attached hydrogen (secondary N) is 1. The Hall–Kier alpha value is -4.63. The van der Waals surface area contributed by atoms with E-state index in [1.54, 1.807) is 0 Å². The highest BCUT2D eigenvalue weighted by molar-refractivity contribution is 5.99. The van der Waals surface area contributed by atoms with Gasteiger partial charge in [0, 0.05) is 51.3 Å². The lowest BCUT2D eigenvalue weighted by Gasteiger charge is -2.34. The lowest BCUT2D eigenvalue weighted by atomic mass is 9.76. The second-order valence-electron chi connectivity index (χ2n) is 11.7. The Labute approximate surface area is 242 Å². The molecule has 3 heteroatoms. The molecule has 3 aromatic carbocycles. The minimum atomic E-state index is -0.136. The van der Waals surface area contributed by atoms with E-state index >= 15 is 0 Å².